The molecule has 3 nitrogen and oxygen atoms in total. The van der Waals surface area contributed by atoms with Crippen LogP contribution in [0.25, 0.3) is 10.9 Å². The number of nitrogens with one attached hydrogen (secondary N) is 1. The molecule has 1 amide bonds. The van der Waals surface area contributed by atoms with Crippen LogP contribution in [0.3, 0.4) is 0 Å². The molecule has 1 heterocycles. The van der Waals surface area contributed by atoms with E-state index >= 15 is 0 Å². The Kier molecular flexibility index (Phi) is 3.03. The van der Waals surface area contributed by atoms with E-state index in [0.29, 0.717) is 5.56 Å². The molecular weight excluding hydrogens is 248 g/mol. The molecule has 0 aliphatic carbocycles. The highest BCUT2D eigenvalue weighted by atomic mass is 16.1. The third-order valence-corrected chi connectivity index (χ3v) is 3.42. The molecule has 0 radical (unpaired) electrons. The standard InChI is InChI=1S/C17H16N2O/c1-12-5-3-7-14(11-12)18-17(20)15-8-4-6-13-9-10-19(2)16(13)15/h3-11H,1-2H3,(H,18,20). The highest BCUT2D eigenvalue weighted by Crippen LogP contribution is 2.21. The van der Waals surface area contributed by atoms with Gasteiger partial charge >= 0.3 is 0 Å². The van der Waals surface area contributed by atoms with Gasteiger partial charge in [0.25, 0.3) is 5.91 Å². The zero-order valence-corrected chi connectivity index (χ0v) is 11.6. The zero-order chi connectivity index (χ0) is 14.1. The third-order valence-electron chi connectivity index (χ3n) is 3.42. The molecule has 100 valence electrons. The fraction of sp³-hybridized carbons (Fsp3) is 0.118. The van der Waals surface area contributed by atoms with Crippen LogP contribution in [-0.4, -0.2) is 10.5 Å². The van der Waals surface area contributed by atoms with Crippen LogP contribution in [0.4, 0.5) is 5.69 Å². The SMILES string of the molecule is Cc1cccc(NC(=O)c2cccc3ccn(C)c23)c1. The molecular formula is C17H16N2O. The molecule has 0 fully saturated rings. The van der Waals surface area contributed by atoms with Crippen molar-refractivity contribution >= 4 is 22.5 Å². The van der Waals surface area contributed by atoms with E-state index < -0.39 is 0 Å². The number of benzene rings is 2. The van der Waals surface area contributed by atoms with E-state index in [-0.39, 0.29) is 5.91 Å². The quantitative estimate of drug-likeness (QED) is 0.751. The minimum absolute atomic E-state index is 0.0806. The summed E-state index contributed by atoms with van der Waals surface area (Å²) >= 11 is 0. The fourth-order valence-corrected chi connectivity index (χ4v) is 2.46. The van der Waals surface area contributed by atoms with Crippen LogP contribution >= 0.6 is 0 Å². The lowest BCUT2D eigenvalue weighted by atomic mass is 10.1. The second-order valence-electron chi connectivity index (χ2n) is 4.99. The molecule has 20 heavy (non-hydrogen) atoms. The van der Waals surface area contributed by atoms with Crippen LogP contribution in [0, 0.1) is 6.92 Å². The molecule has 0 spiro atoms. The van der Waals surface area contributed by atoms with Gasteiger partial charge in [0, 0.05) is 24.3 Å². The first kappa shape index (κ1) is 12.5. The Bertz CT molecular complexity index is 787. The van der Waals surface area contributed by atoms with Crippen LogP contribution in [0.15, 0.2) is 54.7 Å². The predicted molar refractivity (Wildman–Crippen MR) is 82.1 cm³/mol. The number of nitrogens with zero attached hydrogens (tertiary/aromatic N) is 1. The van der Waals surface area contributed by atoms with Gasteiger partial charge in [-0.25, -0.2) is 0 Å². The first-order chi connectivity index (χ1) is 9.65. The summed E-state index contributed by atoms with van der Waals surface area (Å²) in [5, 5.41) is 4.03. The van der Waals surface area contributed by atoms with Crippen LogP contribution in [-0.2, 0) is 7.05 Å². The maximum atomic E-state index is 12.5. The summed E-state index contributed by atoms with van der Waals surface area (Å²) in [6.07, 6.45) is 1.97. The van der Waals surface area contributed by atoms with Crippen LogP contribution < -0.4 is 5.32 Å². The molecule has 0 bridgehead atoms. The Hall–Kier alpha value is -2.55. The molecule has 2 aromatic carbocycles. The number of hydrogen-bond acceptors (Lipinski definition) is 1. The third kappa shape index (κ3) is 2.18. The average molecular weight is 264 g/mol. The molecule has 0 aliphatic rings. The van der Waals surface area contributed by atoms with Gasteiger partial charge in [0.2, 0.25) is 0 Å². The smallest absolute Gasteiger partial charge is 0.257 e. The summed E-state index contributed by atoms with van der Waals surface area (Å²) in [6.45, 7) is 2.01. The summed E-state index contributed by atoms with van der Waals surface area (Å²) in [5.41, 5.74) is 3.59. The molecule has 0 atom stereocenters. The van der Waals surface area contributed by atoms with Crippen molar-refractivity contribution in [3.63, 3.8) is 0 Å². The molecule has 0 saturated heterocycles. The monoisotopic (exact) mass is 264 g/mol. The molecule has 1 N–H and O–H groups in total. The number of amides is 1. The Morgan fingerprint density at radius 1 is 1.10 bits per heavy atom. The molecule has 0 saturated carbocycles. The summed E-state index contributed by atoms with van der Waals surface area (Å²) < 4.78 is 1.97. The number of anilines is 1. The summed E-state index contributed by atoms with van der Waals surface area (Å²) in [7, 11) is 1.95. The fourth-order valence-electron chi connectivity index (χ4n) is 2.46. The van der Waals surface area contributed by atoms with E-state index in [9.17, 15) is 4.79 Å². The van der Waals surface area contributed by atoms with Gasteiger partial charge in [0.1, 0.15) is 0 Å². The second-order valence-corrected chi connectivity index (χ2v) is 4.99. The van der Waals surface area contributed by atoms with Crippen molar-refractivity contribution in [1.82, 2.24) is 4.57 Å². The summed E-state index contributed by atoms with van der Waals surface area (Å²) in [5.74, 6) is -0.0806. The van der Waals surface area contributed by atoms with Gasteiger partial charge < -0.3 is 9.88 Å². The van der Waals surface area contributed by atoms with E-state index in [1.165, 1.54) is 0 Å². The average Bonchev–Trinajstić information content (AvgIpc) is 2.81. The lowest BCUT2D eigenvalue weighted by Crippen LogP contribution is -2.13. The maximum Gasteiger partial charge on any atom is 0.257 e. The van der Waals surface area contributed by atoms with Gasteiger partial charge in [-0.05, 0) is 36.8 Å². The summed E-state index contributed by atoms with van der Waals surface area (Å²) in [4.78, 5) is 12.5. The highest BCUT2D eigenvalue weighted by Gasteiger charge is 2.12. The topological polar surface area (TPSA) is 34.0 Å². The zero-order valence-electron chi connectivity index (χ0n) is 11.6. The van der Waals surface area contributed by atoms with Crippen molar-refractivity contribution in [2.75, 3.05) is 5.32 Å². The Morgan fingerprint density at radius 3 is 2.70 bits per heavy atom. The lowest BCUT2D eigenvalue weighted by Gasteiger charge is -2.08. The van der Waals surface area contributed by atoms with Crippen molar-refractivity contribution in [3.8, 4) is 0 Å². The molecule has 0 aliphatic heterocycles. The predicted octanol–water partition coefficient (Wildman–Crippen LogP) is 3.74. The number of hydrogen-bond donors (Lipinski definition) is 1. The van der Waals surface area contributed by atoms with Crippen LogP contribution in [0.5, 0.6) is 0 Å². The van der Waals surface area contributed by atoms with E-state index in [2.05, 4.69) is 5.32 Å². The largest absolute Gasteiger partial charge is 0.350 e. The first-order valence-corrected chi connectivity index (χ1v) is 6.57. The Balaban J connectivity index is 1.99. The number of aryl methyl sites for hydroxylation is 2. The van der Waals surface area contributed by atoms with E-state index in [4.69, 9.17) is 0 Å². The minimum atomic E-state index is -0.0806. The minimum Gasteiger partial charge on any atom is -0.350 e. The van der Waals surface area contributed by atoms with Gasteiger partial charge in [-0.15, -0.1) is 0 Å². The van der Waals surface area contributed by atoms with E-state index in [1.54, 1.807) is 0 Å². The first-order valence-electron chi connectivity index (χ1n) is 6.57. The summed E-state index contributed by atoms with van der Waals surface area (Å²) in [6, 6.07) is 15.6. The van der Waals surface area contributed by atoms with Gasteiger partial charge in [-0.2, -0.15) is 0 Å². The van der Waals surface area contributed by atoms with Gasteiger partial charge in [0.05, 0.1) is 11.1 Å². The number of carbonyl (C=O) groups excluding carboxylic acids is 1. The normalized spacial score (nSPS) is 10.7. The van der Waals surface area contributed by atoms with Crippen molar-refractivity contribution in [2.45, 2.75) is 6.92 Å². The van der Waals surface area contributed by atoms with E-state index in [1.807, 2.05) is 73.3 Å². The van der Waals surface area contributed by atoms with Crippen molar-refractivity contribution in [3.05, 3.63) is 65.9 Å². The number of para-hydroxylation sites is 1. The number of rotatable bonds is 2. The van der Waals surface area contributed by atoms with Crippen molar-refractivity contribution < 1.29 is 4.79 Å². The van der Waals surface area contributed by atoms with Crippen molar-refractivity contribution in [2.24, 2.45) is 7.05 Å². The molecule has 3 heteroatoms. The van der Waals surface area contributed by atoms with Gasteiger partial charge in [-0.1, -0.05) is 24.3 Å². The van der Waals surface area contributed by atoms with Crippen LogP contribution in [0.2, 0.25) is 0 Å². The lowest BCUT2D eigenvalue weighted by molar-refractivity contribution is 0.102. The van der Waals surface area contributed by atoms with Crippen molar-refractivity contribution in [1.29, 1.82) is 0 Å². The van der Waals surface area contributed by atoms with Crippen LogP contribution in [0.1, 0.15) is 15.9 Å². The van der Waals surface area contributed by atoms with E-state index in [0.717, 1.165) is 22.2 Å². The van der Waals surface area contributed by atoms with Gasteiger partial charge in [-0.3, -0.25) is 4.79 Å². The Morgan fingerprint density at radius 2 is 1.90 bits per heavy atom. The molecule has 1 aromatic heterocycles. The Labute approximate surface area is 117 Å². The second kappa shape index (κ2) is 4.85. The number of carbonyl (C=O) groups is 1. The van der Waals surface area contributed by atoms with Gasteiger partial charge in [0.15, 0.2) is 0 Å². The number of fused-ring (bicyclic) bond motifs is 1. The highest BCUT2D eigenvalue weighted by molar-refractivity contribution is 6.12. The number of aromatic nitrogens is 1. The molecule has 3 aromatic rings. The molecule has 3 rings (SSSR count). The molecule has 0 unspecified atom stereocenters. The maximum absolute atomic E-state index is 12.5.